The molecule has 2 heterocycles. The van der Waals surface area contributed by atoms with E-state index in [1.165, 1.54) is 18.4 Å². The van der Waals surface area contributed by atoms with Crippen molar-refractivity contribution in [3.8, 4) is 0 Å². The predicted octanol–water partition coefficient (Wildman–Crippen LogP) is 2.38. The Bertz CT molecular complexity index is 499. The van der Waals surface area contributed by atoms with Crippen LogP contribution in [0.3, 0.4) is 0 Å². The third-order valence-corrected chi connectivity index (χ3v) is 3.41. The van der Waals surface area contributed by atoms with Gasteiger partial charge in [0.05, 0.1) is 5.57 Å². The highest BCUT2D eigenvalue weighted by Crippen LogP contribution is 2.32. The van der Waals surface area contributed by atoms with Gasteiger partial charge in [-0.3, -0.25) is 4.79 Å². The summed E-state index contributed by atoms with van der Waals surface area (Å²) in [6, 6.07) is 6.08. The van der Waals surface area contributed by atoms with Crippen LogP contribution in [0.2, 0.25) is 0 Å². The highest BCUT2D eigenvalue weighted by Gasteiger charge is 2.25. The quantitative estimate of drug-likeness (QED) is 0.748. The lowest BCUT2D eigenvalue weighted by Gasteiger charge is -2.12. The van der Waals surface area contributed by atoms with Gasteiger partial charge in [-0.1, -0.05) is 11.6 Å². The first kappa shape index (κ1) is 10.4. The van der Waals surface area contributed by atoms with Crippen LogP contribution in [0.25, 0.3) is 5.57 Å². The molecular formula is C14H16N2O. The number of carbonyl (C=O) groups is 1. The molecule has 2 aliphatic heterocycles. The average molecular weight is 228 g/mol. The summed E-state index contributed by atoms with van der Waals surface area (Å²) in [6.07, 6.45) is 4.48. The lowest BCUT2D eigenvalue weighted by atomic mass is 10.1. The highest BCUT2D eigenvalue weighted by atomic mass is 16.2. The van der Waals surface area contributed by atoms with E-state index in [2.05, 4.69) is 23.2 Å². The minimum absolute atomic E-state index is 0.0255. The predicted molar refractivity (Wildman–Crippen MR) is 68.6 cm³/mol. The van der Waals surface area contributed by atoms with Gasteiger partial charge in [-0.25, -0.2) is 0 Å². The summed E-state index contributed by atoms with van der Waals surface area (Å²) in [5.41, 5.74) is 3.98. The fourth-order valence-corrected chi connectivity index (χ4v) is 2.48. The molecule has 0 aromatic heterocycles. The van der Waals surface area contributed by atoms with Gasteiger partial charge in [-0.2, -0.15) is 0 Å². The van der Waals surface area contributed by atoms with Gasteiger partial charge >= 0.3 is 0 Å². The van der Waals surface area contributed by atoms with Crippen molar-refractivity contribution in [3.05, 3.63) is 35.5 Å². The largest absolute Gasteiger partial charge is 0.377 e. The second-order valence-corrected chi connectivity index (χ2v) is 4.79. The van der Waals surface area contributed by atoms with Crippen LogP contribution in [0.4, 0.5) is 5.69 Å². The summed E-state index contributed by atoms with van der Waals surface area (Å²) in [4.78, 5) is 14.2. The van der Waals surface area contributed by atoms with Gasteiger partial charge in [0.2, 0.25) is 0 Å². The molecule has 2 aliphatic rings. The molecular weight excluding hydrogens is 212 g/mol. The van der Waals surface area contributed by atoms with E-state index >= 15 is 0 Å². The maximum absolute atomic E-state index is 11.9. The summed E-state index contributed by atoms with van der Waals surface area (Å²) in [5.74, 6) is 0.0255. The third kappa shape index (κ3) is 1.82. The van der Waals surface area contributed by atoms with Crippen LogP contribution in [-0.2, 0) is 4.79 Å². The molecule has 3 nitrogen and oxygen atoms in total. The van der Waals surface area contributed by atoms with Crippen LogP contribution in [0, 0.1) is 6.92 Å². The van der Waals surface area contributed by atoms with E-state index in [0.29, 0.717) is 0 Å². The van der Waals surface area contributed by atoms with Crippen molar-refractivity contribution in [1.82, 2.24) is 4.90 Å². The maximum Gasteiger partial charge on any atom is 0.257 e. The van der Waals surface area contributed by atoms with Crippen molar-refractivity contribution in [2.75, 3.05) is 18.4 Å². The number of hydrogen-bond acceptors (Lipinski definition) is 2. The zero-order chi connectivity index (χ0) is 11.8. The van der Waals surface area contributed by atoms with Crippen molar-refractivity contribution >= 4 is 17.2 Å². The second-order valence-electron chi connectivity index (χ2n) is 4.79. The molecule has 0 aliphatic carbocycles. The first-order valence-corrected chi connectivity index (χ1v) is 6.12. The molecule has 1 aromatic carbocycles. The fourth-order valence-electron chi connectivity index (χ4n) is 2.48. The van der Waals surface area contributed by atoms with Crippen LogP contribution in [0.15, 0.2) is 24.4 Å². The number of fused-ring (bicyclic) bond motifs is 1. The summed E-state index contributed by atoms with van der Waals surface area (Å²) in [6.45, 7) is 4.19. The van der Waals surface area contributed by atoms with Crippen molar-refractivity contribution in [2.24, 2.45) is 0 Å². The summed E-state index contributed by atoms with van der Waals surface area (Å²) in [5, 5.41) is 2.91. The Hall–Kier alpha value is -1.77. The van der Waals surface area contributed by atoms with E-state index in [1.54, 1.807) is 0 Å². The number of hydrogen-bond donors (Lipinski definition) is 1. The minimum Gasteiger partial charge on any atom is -0.377 e. The molecule has 1 aromatic rings. The Morgan fingerprint density at radius 3 is 2.82 bits per heavy atom. The standard InChI is InChI=1S/C14H16N2O/c1-10-4-5-13-11(8-10)12(14(17)15-13)9-16-6-2-3-7-16/h4-5,8-9H,2-3,6-7H2,1H3,(H,15,17)/b12-9+. The Morgan fingerprint density at radius 1 is 1.29 bits per heavy atom. The highest BCUT2D eigenvalue weighted by molar-refractivity contribution is 6.31. The van der Waals surface area contributed by atoms with Crippen LogP contribution >= 0.6 is 0 Å². The van der Waals surface area contributed by atoms with Gasteiger partial charge in [0.25, 0.3) is 5.91 Å². The van der Waals surface area contributed by atoms with Gasteiger partial charge in [0.1, 0.15) is 0 Å². The number of amides is 1. The number of rotatable bonds is 1. The zero-order valence-corrected chi connectivity index (χ0v) is 9.99. The van der Waals surface area contributed by atoms with Crippen molar-refractivity contribution in [3.63, 3.8) is 0 Å². The maximum atomic E-state index is 11.9. The van der Waals surface area contributed by atoms with E-state index in [-0.39, 0.29) is 5.91 Å². The number of aryl methyl sites for hydroxylation is 1. The number of nitrogens with one attached hydrogen (secondary N) is 1. The molecule has 0 bridgehead atoms. The van der Waals surface area contributed by atoms with Crippen molar-refractivity contribution < 1.29 is 4.79 Å². The molecule has 1 amide bonds. The number of likely N-dealkylation sites (tertiary alicyclic amines) is 1. The van der Waals surface area contributed by atoms with Gasteiger partial charge in [0.15, 0.2) is 0 Å². The normalized spacial score (nSPS) is 20.9. The first-order valence-electron chi connectivity index (χ1n) is 6.12. The zero-order valence-electron chi connectivity index (χ0n) is 9.99. The first-order chi connectivity index (χ1) is 8.24. The number of nitrogens with zero attached hydrogens (tertiary/aromatic N) is 1. The Balaban J connectivity index is 2.00. The number of carbonyl (C=O) groups excluding carboxylic acids is 1. The molecule has 1 N–H and O–H groups in total. The molecule has 88 valence electrons. The van der Waals surface area contributed by atoms with Crippen molar-refractivity contribution in [1.29, 1.82) is 0 Å². The van der Waals surface area contributed by atoms with E-state index in [1.807, 2.05) is 18.3 Å². The average Bonchev–Trinajstić information content (AvgIpc) is 2.90. The SMILES string of the molecule is Cc1ccc2c(c1)/C(=C\N1CCCC1)C(=O)N2. The molecule has 3 rings (SSSR count). The molecule has 1 saturated heterocycles. The van der Waals surface area contributed by atoms with Crippen LogP contribution in [0.1, 0.15) is 24.0 Å². The molecule has 0 unspecified atom stereocenters. The monoisotopic (exact) mass is 228 g/mol. The van der Waals surface area contributed by atoms with Gasteiger partial charge in [-0.05, 0) is 31.9 Å². The number of anilines is 1. The van der Waals surface area contributed by atoms with Gasteiger partial charge < -0.3 is 10.2 Å². The van der Waals surface area contributed by atoms with E-state index in [0.717, 1.165) is 29.9 Å². The molecule has 17 heavy (non-hydrogen) atoms. The molecule has 0 atom stereocenters. The Morgan fingerprint density at radius 2 is 2.06 bits per heavy atom. The van der Waals surface area contributed by atoms with E-state index in [9.17, 15) is 4.79 Å². The Labute approximate surface area is 101 Å². The summed E-state index contributed by atoms with van der Waals surface area (Å²) in [7, 11) is 0. The molecule has 1 fully saturated rings. The number of benzene rings is 1. The topological polar surface area (TPSA) is 32.3 Å². The second kappa shape index (κ2) is 3.91. The smallest absolute Gasteiger partial charge is 0.257 e. The lowest BCUT2D eigenvalue weighted by Crippen LogP contribution is -2.14. The molecule has 0 spiro atoms. The fraction of sp³-hybridized carbons (Fsp3) is 0.357. The summed E-state index contributed by atoms with van der Waals surface area (Å²) < 4.78 is 0. The molecule has 0 saturated carbocycles. The van der Waals surface area contributed by atoms with Gasteiger partial charge in [0, 0.05) is 30.5 Å². The lowest BCUT2D eigenvalue weighted by molar-refractivity contribution is -0.110. The minimum atomic E-state index is 0.0255. The summed E-state index contributed by atoms with van der Waals surface area (Å²) >= 11 is 0. The Kier molecular flexibility index (Phi) is 2.39. The molecule has 3 heteroatoms. The van der Waals surface area contributed by atoms with Crippen molar-refractivity contribution in [2.45, 2.75) is 19.8 Å². The third-order valence-electron chi connectivity index (χ3n) is 3.41. The van der Waals surface area contributed by atoms with Crippen LogP contribution < -0.4 is 5.32 Å². The van der Waals surface area contributed by atoms with E-state index in [4.69, 9.17) is 0 Å². The molecule has 0 radical (unpaired) electrons. The van der Waals surface area contributed by atoms with Gasteiger partial charge in [-0.15, -0.1) is 0 Å². The van der Waals surface area contributed by atoms with Crippen LogP contribution in [-0.4, -0.2) is 23.9 Å². The van der Waals surface area contributed by atoms with E-state index < -0.39 is 0 Å². The van der Waals surface area contributed by atoms with Crippen LogP contribution in [0.5, 0.6) is 0 Å².